The zero-order valence-electron chi connectivity index (χ0n) is 22.0. The van der Waals surface area contributed by atoms with Crippen LogP contribution in [0.4, 0.5) is 11.6 Å². The molecule has 4 aromatic heterocycles. The molecular formula is C20H24N10O10P2S2. The van der Waals surface area contributed by atoms with Crippen LogP contribution >= 0.6 is 38.1 Å². The monoisotopic (exact) mass is 690 g/mol. The molecule has 0 aromatic carbocycles. The van der Waals surface area contributed by atoms with Gasteiger partial charge < -0.3 is 31.2 Å². The Hall–Kier alpha value is -2.46. The van der Waals surface area contributed by atoms with E-state index in [0.717, 1.165) is 0 Å². The molecule has 44 heavy (non-hydrogen) atoms. The highest BCUT2D eigenvalue weighted by Gasteiger charge is 2.53. The Morgan fingerprint density at radius 1 is 0.727 bits per heavy atom. The van der Waals surface area contributed by atoms with Crippen LogP contribution < -0.4 is 11.5 Å². The lowest BCUT2D eigenvalue weighted by atomic mass is 10.1. The van der Waals surface area contributed by atoms with Crippen molar-refractivity contribution in [2.75, 3.05) is 24.7 Å². The summed E-state index contributed by atoms with van der Waals surface area (Å²) in [5.41, 5.74) is 12.7. The number of imidazole rings is 2. The average Bonchev–Trinajstić information content (AvgIpc) is 3.73. The minimum atomic E-state index is -4.30. The van der Waals surface area contributed by atoms with Gasteiger partial charge in [-0.3, -0.25) is 27.2 Å². The SMILES string of the molecule is Nc1ncnc2c1ncn2[C@@H]1O[C@@H]2CO[P@@](=O)(S)O[C@@H]3[C@H](O)[C@@H](CO[P@@](=O)(S)O[C@@H]1[C@@H]2O)O[C@H]3n1cnc2c(N)ncnc21. The van der Waals surface area contributed by atoms with Crippen LogP contribution in [-0.4, -0.2) is 99.1 Å². The number of hydrogen-bond donors (Lipinski definition) is 6. The van der Waals surface area contributed by atoms with Crippen molar-refractivity contribution in [3.8, 4) is 0 Å². The third-order valence-electron chi connectivity index (χ3n) is 7.26. The molecule has 20 nitrogen and oxygen atoms in total. The lowest BCUT2D eigenvalue weighted by Crippen LogP contribution is -2.37. The number of aliphatic hydroxyl groups excluding tert-OH is 2. The summed E-state index contributed by atoms with van der Waals surface area (Å²) in [6, 6.07) is 0. The molecule has 0 amide bonds. The third-order valence-corrected chi connectivity index (χ3v) is 10.5. The number of thiol groups is 2. The number of aromatic nitrogens is 8. The van der Waals surface area contributed by atoms with Crippen LogP contribution in [0.3, 0.4) is 0 Å². The fourth-order valence-corrected chi connectivity index (χ4v) is 8.12. The van der Waals surface area contributed by atoms with E-state index in [1.807, 2.05) is 0 Å². The quantitative estimate of drug-likeness (QED) is 0.121. The van der Waals surface area contributed by atoms with E-state index < -0.39 is 75.9 Å². The predicted molar refractivity (Wildman–Crippen MR) is 154 cm³/mol. The van der Waals surface area contributed by atoms with Crippen LogP contribution in [0.1, 0.15) is 12.5 Å². The number of nitrogen functional groups attached to an aromatic ring is 2. The summed E-state index contributed by atoms with van der Waals surface area (Å²) in [6.45, 7) is -9.69. The van der Waals surface area contributed by atoms with Crippen LogP contribution in [0.2, 0.25) is 0 Å². The topological polar surface area (TPSA) is 269 Å². The second-order valence-electron chi connectivity index (χ2n) is 9.95. The molecule has 0 aliphatic carbocycles. The van der Waals surface area contributed by atoms with Gasteiger partial charge in [0.05, 0.1) is 25.9 Å². The molecule has 0 radical (unpaired) electrons. The Balaban J connectivity index is 1.22. The van der Waals surface area contributed by atoms with Gasteiger partial charge in [0.15, 0.2) is 35.4 Å². The zero-order chi connectivity index (χ0) is 31.0. The second kappa shape index (κ2) is 11.1. The normalized spacial score (nSPS) is 38.3. The highest BCUT2D eigenvalue weighted by molar-refractivity contribution is 8.44. The summed E-state index contributed by atoms with van der Waals surface area (Å²) in [7, 11) is 0. The van der Waals surface area contributed by atoms with E-state index in [1.165, 1.54) is 34.4 Å². The molecule has 3 saturated heterocycles. The number of nitrogens with two attached hydrogens (primary N) is 2. The maximum absolute atomic E-state index is 13.5. The Bertz CT molecular complexity index is 1700. The molecule has 7 heterocycles. The maximum Gasteiger partial charge on any atom is 0.386 e. The zero-order valence-corrected chi connectivity index (χ0v) is 25.6. The first-order valence-electron chi connectivity index (χ1n) is 12.8. The lowest BCUT2D eigenvalue weighted by Gasteiger charge is -2.26. The third kappa shape index (κ3) is 5.27. The number of aliphatic hydroxyl groups is 2. The minimum Gasteiger partial charge on any atom is -0.387 e. The van der Waals surface area contributed by atoms with E-state index in [9.17, 15) is 19.3 Å². The lowest BCUT2D eigenvalue weighted by molar-refractivity contribution is -0.0584. The number of hydrogen-bond acceptors (Lipinski definition) is 18. The molecule has 0 spiro atoms. The summed E-state index contributed by atoms with van der Waals surface area (Å²) in [6.07, 6.45) is -5.68. The molecule has 4 bridgehead atoms. The van der Waals surface area contributed by atoms with Gasteiger partial charge in [0.25, 0.3) is 0 Å². The summed E-state index contributed by atoms with van der Waals surface area (Å²) < 4.78 is 64.1. The van der Waals surface area contributed by atoms with Crippen molar-refractivity contribution in [1.82, 2.24) is 39.0 Å². The van der Waals surface area contributed by atoms with E-state index in [2.05, 4.69) is 54.4 Å². The molecule has 6 N–H and O–H groups in total. The predicted octanol–water partition coefficient (Wildman–Crippen LogP) is 0.240. The van der Waals surface area contributed by atoms with Crippen LogP contribution in [0.5, 0.6) is 0 Å². The van der Waals surface area contributed by atoms with Crippen molar-refractivity contribution in [2.45, 2.75) is 49.1 Å². The van der Waals surface area contributed by atoms with Crippen LogP contribution in [-0.2, 0) is 36.7 Å². The van der Waals surface area contributed by atoms with Crippen molar-refractivity contribution >= 4 is 72.1 Å². The average molecular weight is 691 g/mol. The summed E-state index contributed by atoms with van der Waals surface area (Å²) in [5, 5.41) is 22.4. The Morgan fingerprint density at radius 2 is 1.14 bits per heavy atom. The van der Waals surface area contributed by atoms with Crippen molar-refractivity contribution < 1.29 is 46.9 Å². The molecule has 0 saturated carbocycles. The highest BCUT2D eigenvalue weighted by Crippen LogP contribution is 2.60. The van der Waals surface area contributed by atoms with E-state index >= 15 is 0 Å². The van der Waals surface area contributed by atoms with Crippen LogP contribution in [0.15, 0.2) is 25.3 Å². The van der Waals surface area contributed by atoms with Gasteiger partial charge in [0, 0.05) is 0 Å². The van der Waals surface area contributed by atoms with Gasteiger partial charge in [0.2, 0.25) is 0 Å². The largest absolute Gasteiger partial charge is 0.387 e. The molecule has 4 aromatic rings. The van der Waals surface area contributed by atoms with Gasteiger partial charge in [-0.05, 0) is 0 Å². The van der Waals surface area contributed by atoms with Gasteiger partial charge in [-0.1, -0.05) is 24.5 Å². The van der Waals surface area contributed by atoms with Gasteiger partial charge in [-0.15, -0.1) is 0 Å². The van der Waals surface area contributed by atoms with Crippen molar-refractivity contribution in [2.24, 2.45) is 0 Å². The number of ether oxygens (including phenoxy) is 2. The van der Waals surface area contributed by atoms with Crippen molar-refractivity contribution in [1.29, 1.82) is 0 Å². The van der Waals surface area contributed by atoms with Gasteiger partial charge in [0.1, 0.15) is 60.3 Å². The Morgan fingerprint density at radius 3 is 1.55 bits per heavy atom. The standard InChI is InChI=1S/C20H24N10O10P2S2/c21-15-9-17(25-3-23-15)29(5-27-9)19-13-11(31)7(37-19)1-35-41(33,43)39-14-12(32)8(2-36-42(34,44)40-13)38-20(14)30-6-28-10-16(22)24-4-26-18(10)30/h3-8,11-14,19-20,31-32H,1-2H2,(H,33,43)(H,34,44)(H2,21,23,25)(H2,22,24,26)/t7-,8-,11-,12-,13-,14-,19-,20-,41-,42-/m1/s1. The first-order valence-corrected chi connectivity index (χ1v) is 18.2. The van der Waals surface area contributed by atoms with Crippen molar-refractivity contribution in [3.05, 3.63) is 25.3 Å². The molecule has 10 atom stereocenters. The van der Waals surface area contributed by atoms with E-state index in [0.29, 0.717) is 0 Å². The Labute approximate surface area is 256 Å². The summed E-state index contributed by atoms with van der Waals surface area (Å²) >= 11 is 8.18. The van der Waals surface area contributed by atoms with E-state index in [1.54, 1.807) is 0 Å². The van der Waals surface area contributed by atoms with Crippen molar-refractivity contribution in [3.63, 3.8) is 0 Å². The van der Waals surface area contributed by atoms with Crippen LogP contribution in [0.25, 0.3) is 22.3 Å². The molecule has 3 aliphatic rings. The van der Waals surface area contributed by atoms with E-state index in [4.69, 9.17) is 39.0 Å². The van der Waals surface area contributed by atoms with E-state index in [-0.39, 0.29) is 34.0 Å². The fourth-order valence-electron chi connectivity index (χ4n) is 5.20. The van der Waals surface area contributed by atoms with Gasteiger partial charge >= 0.3 is 13.6 Å². The number of rotatable bonds is 2. The molecule has 236 valence electrons. The molecule has 0 unspecified atom stereocenters. The number of nitrogens with zero attached hydrogens (tertiary/aromatic N) is 8. The maximum atomic E-state index is 13.5. The summed E-state index contributed by atoms with van der Waals surface area (Å²) in [5.74, 6) is 0.178. The fraction of sp³-hybridized carbons (Fsp3) is 0.500. The number of anilines is 2. The number of fused-ring (bicyclic) bond motifs is 6. The van der Waals surface area contributed by atoms with Crippen LogP contribution in [0, 0.1) is 0 Å². The molecular weight excluding hydrogens is 666 g/mol. The first-order chi connectivity index (χ1) is 20.9. The highest BCUT2D eigenvalue weighted by atomic mass is 32.7. The second-order valence-corrected chi connectivity index (χ2v) is 15.7. The molecule has 24 heteroatoms. The first kappa shape index (κ1) is 30.2. The Kier molecular flexibility index (Phi) is 7.63. The van der Waals surface area contributed by atoms with Gasteiger partial charge in [-0.2, -0.15) is 0 Å². The summed E-state index contributed by atoms with van der Waals surface area (Å²) in [4.78, 5) is 24.5. The van der Waals surface area contributed by atoms with Gasteiger partial charge in [-0.25, -0.2) is 39.0 Å². The minimum absolute atomic E-state index is 0.0888. The molecule has 3 fully saturated rings. The molecule has 7 rings (SSSR count). The molecule has 3 aliphatic heterocycles. The smallest absolute Gasteiger partial charge is 0.386 e.